The molecule has 4 nitrogen and oxygen atoms in total. The summed E-state index contributed by atoms with van der Waals surface area (Å²) in [7, 11) is 0. The lowest BCUT2D eigenvalue weighted by Crippen LogP contribution is -2.08. The molecule has 0 amide bonds. The zero-order chi connectivity index (χ0) is 10.7. The van der Waals surface area contributed by atoms with Crippen LogP contribution in [0, 0.1) is 0 Å². The molecule has 6 heteroatoms. The lowest BCUT2D eigenvalue weighted by atomic mass is 10.3. The van der Waals surface area contributed by atoms with Crippen molar-refractivity contribution in [1.29, 1.82) is 0 Å². The van der Waals surface area contributed by atoms with Gasteiger partial charge in [0.15, 0.2) is 5.58 Å². The number of nitrogens with zero attached hydrogens (tertiary/aromatic N) is 1. The Morgan fingerprint density at radius 1 is 1.44 bits per heavy atom. The van der Waals surface area contributed by atoms with E-state index in [9.17, 15) is 0 Å². The van der Waals surface area contributed by atoms with Gasteiger partial charge < -0.3 is 15.5 Å². The average Bonchev–Trinajstić information content (AvgIpc) is 2.60. The maximum absolute atomic E-state index is 5.49. The van der Waals surface area contributed by atoms with Crippen molar-refractivity contribution in [1.82, 2.24) is 4.98 Å². The molecule has 0 aliphatic rings. The van der Waals surface area contributed by atoms with E-state index in [-0.39, 0.29) is 12.4 Å². The molecule has 0 spiro atoms. The van der Waals surface area contributed by atoms with E-state index in [0.717, 1.165) is 28.5 Å². The van der Waals surface area contributed by atoms with Gasteiger partial charge in [-0.05, 0) is 31.2 Å². The predicted octanol–water partition coefficient (Wildman–Crippen LogP) is 2.77. The third-order valence-electron chi connectivity index (χ3n) is 2.01. The summed E-state index contributed by atoms with van der Waals surface area (Å²) in [4.78, 5) is 4.30. The van der Waals surface area contributed by atoms with Crippen LogP contribution < -0.4 is 11.1 Å². The van der Waals surface area contributed by atoms with E-state index in [1.54, 1.807) is 0 Å². The normalized spacial score (nSPS) is 10.1. The number of benzene rings is 1. The zero-order valence-electron chi connectivity index (χ0n) is 8.57. The molecule has 0 saturated heterocycles. The molecule has 1 aromatic heterocycles. The fraction of sp³-hybridized carbons (Fsp3) is 0.300. The van der Waals surface area contributed by atoms with Gasteiger partial charge in [-0.25, -0.2) is 0 Å². The highest BCUT2D eigenvalue weighted by atomic mass is 79.9. The van der Waals surface area contributed by atoms with Crippen molar-refractivity contribution in [2.45, 2.75) is 6.42 Å². The van der Waals surface area contributed by atoms with Crippen molar-refractivity contribution < 1.29 is 4.42 Å². The molecule has 2 aromatic rings. The first-order chi connectivity index (χ1) is 7.29. The van der Waals surface area contributed by atoms with Crippen molar-refractivity contribution in [3.63, 3.8) is 0 Å². The minimum Gasteiger partial charge on any atom is -0.424 e. The Labute approximate surface area is 108 Å². The van der Waals surface area contributed by atoms with Crippen LogP contribution in [0.3, 0.4) is 0 Å². The summed E-state index contributed by atoms with van der Waals surface area (Å²) in [6.07, 6.45) is 0.905. The maximum atomic E-state index is 5.49. The zero-order valence-corrected chi connectivity index (χ0v) is 11.0. The number of nitrogens with one attached hydrogen (secondary N) is 1. The van der Waals surface area contributed by atoms with Crippen LogP contribution in [0.1, 0.15) is 6.42 Å². The topological polar surface area (TPSA) is 64.1 Å². The quantitative estimate of drug-likeness (QED) is 0.853. The summed E-state index contributed by atoms with van der Waals surface area (Å²) in [5, 5.41) is 3.08. The van der Waals surface area contributed by atoms with Crippen LogP contribution in [0.4, 0.5) is 6.01 Å². The van der Waals surface area contributed by atoms with Gasteiger partial charge in [-0.15, -0.1) is 12.4 Å². The number of halogens is 2. The Morgan fingerprint density at radius 3 is 3.00 bits per heavy atom. The molecule has 0 radical (unpaired) electrons. The summed E-state index contributed by atoms with van der Waals surface area (Å²) >= 11 is 3.39. The summed E-state index contributed by atoms with van der Waals surface area (Å²) in [6, 6.07) is 6.29. The fourth-order valence-electron chi connectivity index (χ4n) is 1.27. The van der Waals surface area contributed by atoms with Gasteiger partial charge in [0.25, 0.3) is 6.01 Å². The monoisotopic (exact) mass is 305 g/mol. The van der Waals surface area contributed by atoms with Crippen LogP contribution in [-0.4, -0.2) is 18.1 Å². The van der Waals surface area contributed by atoms with Crippen LogP contribution in [0.25, 0.3) is 11.1 Å². The highest BCUT2D eigenvalue weighted by Gasteiger charge is 2.04. The lowest BCUT2D eigenvalue weighted by Gasteiger charge is -1.97. The first kappa shape index (κ1) is 13.3. The number of hydrogen-bond acceptors (Lipinski definition) is 4. The van der Waals surface area contributed by atoms with Crippen molar-refractivity contribution in [3.05, 3.63) is 22.7 Å². The van der Waals surface area contributed by atoms with E-state index >= 15 is 0 Å². The molecule has 0 bridgehead atoms. The second-order valence-electron chi connectivity index (χ2n) is 3.20. The highest BCUT2D eigenvalue weighted by molar-refractivity contribution is 9.10. The Kier molecular flexibility index (Phi) is 5.05. The molecule has 2 rings (SSSR count). The molecule has 0 aliphatic carbocycles. The molecule has 3 N–H and O–H groups in total. The molecular weight excluding hydrogens is 293 g/mol. The first-order valence-corrected chi connectivity index (χ1v) is 5.59. The second kappa shape index (κ2) is 6.08. The summed E-state index contributed by atoms with van der Waals surface area (Å²) < 4.78 is 6.48. The second-order valence-corrected chi connectivity index (χ2v) is 4.12. The van der Waals surface area contributed by atoms with Crippen LogP contribution in [0.5, 0.6) is 0 Å². The molecule has 16 heavy (non-hydrogen) atoms. The van der Waals surface area contributed by atoms with Crippen LogP contribution >= 0.6 is 28.3 Å². The van der Waals surface area contributed by atoms with E-state index < -0.39 is 0 Å². The lowest BCUT2D eigenvalue weighted by molar-refractivity contribution is 0.612. The fourth-order valence-corrected chi connectivity index (χ4v) is 1.62. The van der Waals surface area contributed by atoms with Crippen molar-refractivity contribution in [3.8, 4) is 0 Å². The number of aromatic nitrogens is 1. The Hall–Kier alpha value is -0.780. The molecule has 88 valence electrons. The standard InChI is InChI=1S/C10H12BrN3O.ClH/c11-7-2-3-9-8(6-7)14-10(15-9)13-5-1-4-12;/h2-3,6H,1,4-5,12H2,(H,13,14);1H. The number of nitrogens with two attached hydrogens (primary N) is 1. The van der Waals surface area contributed by atoms with Crippen molar-refractivity contribution in [2.24, 2.45) is 5.73 Å². The van der Waals surface area contributed by atoms with Gasteiger partial charge in [-0.1, -0.05) is 15.9 Å². The van der Waals surface area contributed by atoms with E-state index in [1.165, 1.54) is 0 Å². The van der Waals surface area contributed by atoms with E-state index in [0.29, 0.717) is 12.6 Å². The summed E-state index contributed by atoms with van der Waals surface area (Å²) in [5.41, 5.74) is 7.02. The molecule has 1 heterocycles. The minimum atomic E-state index is 0. The third kappa shape index (κ3) is 3.10. The van der Waals surface area contributed by atoms with Gasteiger partial charge in [-0.3, -0.25) is 0 Å². The van der Waals surface area contributed by atoms with E-state index in [1.807, 2.05) is 18.2 Å². The number of hydrogen-bond donors (Lipinski definition) is 2. The van der Waals surface area contributed by atoms with Gasteiger partial charge in [0.1, 0.15) is 5.52 Å². The largest absolute Gasteiger partial charge is 0.424 e. The molecule has 1 aromatic carbocycles. The van der Waals surface area contributed by atoms with E-state index in [4.69, 9.17) is 10.2 Å². The van der Waals surface area contributed by atoms with Crippen LogP contribution in [0.15, 0.2) is 27.1 Å². The first-order valence-electron chi connectivity index (χ1n) is 4.79. The smallest absolute Gasteiger partial charge is 0.295 e. The highest BCUT2D eigenvalue weighted by Crippen LogP contribution is 2.22. The van der Waals surface area contributed by atoms with E-state index in [2.05, 4.69) is 26.2 Å². The average molecular weight is 307 g/mol. The van der Waals surface area contributed by atoms with Gasteiger partial charge in [0.2, 0.25) is 0 Å². The Bertz CT molecular complexity index is 460. The Morgan fingerprint density at radius 2 is 2.25 bits per heavy atom. The molecule has 0 atom stereocenters. The predicted molar refractivity (Wildman–Crippen MR) is 71.1 cm³/mol. The number of fused-ring (bicyclic) bond motifs is 1. The molecule has 0 saturated carbocycles. The number of rotatable bonds is 4. The summed E-state index contributed by atoms with van der Waals surface area (Å²) in [6.45, 7) is 1.45. The van der Waals surface area contributed by atoms with Gasteiger partial charge in [0.05, 0.1) is 0 Å². The third-order valence-corrected chi connectivity index (χ3v) is 2.50. The number of anilines is 1. The molecule has 0 unspecified atom stereocenters. The molecule has 0 aliphatic heterocycles. The van der Waals surface area contributed by atoms with Gasteiger partial charge >= 0.3 is 0 Å². The Balaban J connectivity index is 0.00000128. The minimum absolute atomic E-state index is 0. The SMILES string of the molecule is Cl.NCCCNc1nc2cc(Br)ccc2o1. The van der Waals surface area contributed by atoms with Gasteiger partial charge in [0, 0.05) is 11.0 Å². The van der Waals surface area contributed by atoms with Crippen molar-refractivity contribution in [2.75, 3.05) is 18.4 Å². The summed E-state index contributed by atoms with van der Waals surface area (Å²) in [5.74, 6) is 0. The molecular formula is C10H13BrClN3O. The van der Waals surface area contributed by atoms with Crippen molar-refractivity contribution >= 4 is 45.5 Å². The van der Waals surface area contributed by atoms with Crippen LogP contribution in [0.2, 0.25) is 0 Å². The van der Waals surface area contributed by atoms with Crippen LogP contribution in [-0.2, 0) is 0 Å². The van der Waals surface area contributed by atoms with Gasteiger partial charge in [-0.2, -0.15) is 4.98 Å². The number of oxazole rings is 1. The maximum Gasteiger partial charge on any atom is 0.295 e. The molecule has 0 fully saturated rings.